The van der Waals surface area contributed by atoms with Crippen molar-refractivity contribution in [3.05, 3.63) is 23.9 Å². The second-order valence-electron chi connectivity index (χ2n) is 4.72. The van der Waals surface area contributed by atoms with Crippen LogP contribution in [0.4, 0.5) is 0 Å². The van der Waals surface area contributed by atoms with Crippen molar-refractivity contribution in [2.45, 2.75) is 13.0 Å². The highest BCUT2D eigenvalue weighted by Gasteiger charge is 2.18. The van der Waals surface area contributed by atoms with Gasteiger partial charge in [0.1, 0.15) is 0 Å². The summed E-state index contributed by atoms with van der Waals surface area (Å²) >= 11 is 0. The maximum atomic E-state index is 5.10. The Hall–Kier alpha value is -1.13. The number of rotatable bonds is 5. The molecule has 0 bridgehead atoms. The summed E-state index contributed by atoms with van der Waals surface area (Å²) in [6, 6.07) is 5.87. The Morgan fingerprint density at radius 2 is 2.41 bits per heavy atom. The molecule has 1 aliphatic heterocycles. The molecule has 94 valence electrons. The first kappa shape index (κ1) is 12.3. The number of ether oxygens (including phenoxy) is 1. The first-order chi connectivity index (χ1) is 8.28. The van der Waals surface area contributed by atoms with Gasteiger partial charge in [-0.1, -0.05) is 6.07 Å². The lowest BCUT2D eigenvalue weighted by Crippen LogP contribution is -2.25. The van der Waals surface area contributed by atoms with Crippen molar-refractivity contribution in [2.75, 3.05) is 33.8 Å². The number of nitrogens with one attached hydrogen (secondary N) is 1. The predicted octanol–water partition coefficient (Wildman–Crippen LogP) is 1.13. The number of pyridine rings is 1. The van der Waals surface area contributed by atoms with Crippen LogP contribution in [0.3, 0.4) is 0 Å². The standard InChI is InChI=1S/C13H21N3O/c1-16-7-6-11(10-16)8-14-9-12-4-3-5-13(15-12)17-2/h3-5,11,14H,6-10H2,1-2H3. The third-order valence-electron chi connectivity index (χ3n) is 3.22. The summed E-state index contributed by atoms with van der Waals surface area (Å²) < 4.78 is 5.10. The fourth-order valence-corrected chi connectivity index (χ4v) is 2.27. The molecule has 0 spiro atoms. The Labute approximate surface area is 103 Å². The summed E-state index contributed by atoms with van der Waals surface area (Å²) in [4.78, 5) is 6.76. The van der Waals surface area contributed by atoms with Crippen molar-refractivity contribution in [2.24, 2.45) is 5.92 Å². The Morgan fingerprint density at radius 1 is 1.53 bits per heavy atom. The summed E-state index contributed by atoms with van der Waals surface area (Å²) in [7, 11) is 3.83. The van der Waals surface area contributed by atoms with Crippen LogP contribution in [-0.2, 0) is 6.54 Å². The van der Waals surface area contributed by atoms with E-state index in [0.717, 1.165) is 24.7 Å². The monoisotopic (exact) mass is 235 g/mol. The number of nitrogens with zero attached hydrogens (tertiary/aromatic N) is 2. The Morgan fingerprint density at radius 3 is 3.12 bits per heavy atom. The minimum atomic E-state index is 0.685. The van der Waals surface area contributed by atoms with Gasteiger partial charge in [-0.05, 0) is 38.5 Å². The van der Waals surface area contributed by atoms with E-state index in [1.165, 1.54) is 19.5 Å². The molecule has 0 radical (unpaired) electrons. The minimum Gasteiger partial charge on any atom is -0.481 e. The number of aromatic nitrogens is 1. The number of methoxy groups -OCH3 is 1. The van der Waals surface area contributed by atoms with E-state index in [1.807, 2.05) is 18.2 Å². The molecule has 0 saturated carbocycles. The van der Waals surface area contributed by atoms with Crippen LogP contribution in [-0.4, -0.2) is 43.7 Å². The number of likely N-dealkylation sites (tertiary alicyclic amines) is 1. The Balaban J connectivity index is 1.74. The van der Waals surface area contributed by atoms with Crippen molar-refractivity contribution in [1.82, 2.24) is 15.2 Å². The van der Waals surface area contributed by atoms with Gasteiger partial charge in [0.15, 0.2) is 0 Å². The molecule has 1 aliphatic rings. The van der Waals surface area contributed by atoms with Gasteiger partial charge in [-0.15, -0.1) is 0 Å². The number of hydrogen-bond acceptors (Lipinski definition) is 4. The average molecular weight is 235 g/mol. The van der Waals surface area contributed by atoms with Gasteiger partial charge in [0.2, 0.25) is 5.88 Å². The van der Waals surface area contributed by atoms with Crippen LogP contribution in [0.2, 0.25) is 0 Å². The molecule has 2 heterocycles. The molecule has 4 heteroatoms. The summed E-state index contributed by atoms with van der Waals surface area (Å²) in [5.74, 6) is 1.47. The minimum absolute atomic E-state index is 0.685. The summed E-state index contributed by atoms with van der Waals surface area (Å²) in [5.41, 5.74) is 1.04. The molecule has 1 unspecified atom stereocenters. The normalized spacial score (nSPS) is 20.7. The van der Waals surface area contributed by atoms with E-state index in [9.17, 15) is 0 Å². The molecule has 1 aromatic rings. The molecule has 4 nitrogen and oxygen atoms in total. The van der Waals surface area contributed by atoms with Gasteiger partial charge < -0.3 is 15.0 Å². The van der Waals surface area contributed by atoms with Crippen LogP contribution in [0, 0.1) is 5.92 Å². The van der Waals surface area contributed by atoms with Crippen LogP contribution in [0.15, 0.2) is 18.2 Å². The molecule has 0 aromatic carbocycles. The van der Waals surface area contributed by atoms with E-state index < -0.39 is 0 Å². The van der Waals surface area contributed by atoms with Gasteiger partial charge in [0.25, 0.3) is 0 Å². The van der Waals surface area contributed by atoms with Crippen molar-refractivity contribution >= 4 is 0 Å². The summed E-state index contributed by atoms with van der Waals surface area (Å²) in [6.45, 7) is 4.32. The summed E-state index contributed by atoms with van der Waals surface area (Å²) in [5, 5.41) is 3.47. The first-order valence-electron chi connectivity index (χ1n) is 6.17. The van der Waals surface area contributed by atoms with E-state index in [4.69, 9.17) is 4.74 Å². The molecule has 1 atom stereocenters. The molecule has 0 aliphatic carbocycles. The Bertz CT molecular complexity index is 356. The van der Waals surface area contributed by atoms with Gasteiger partial charge in [0.05, 0.1) is 12.8 Å². The van der Waals surface area contributed by atoms with Gasteiger partial charge in [-0.3, -0.25) is 0 Å². The van der Waals surface area contributed by atoms with Crippen molar-refractivity contribution in [3.8, 4) is 5.88 Å². The molecule has 2 rings (SSSR count). The zero-order valence-electron chi connectivity index (χ0n) is 10.6. The van der Waals surface area contributed by atoms with Crippen molar-refractivity contribution in [3.63, 3.8) is 0 Å². The zero-order valence-corrected chi connectivity index (χ0v) is 10.6. The van der Waals surface area contributed by atoms with Crippen LogP contribution in [0.25, 0.3) is 0 Å². The van der Waals surface area contributed by atoms with Gasteiger partial charge in [-0.2, -0.15) is 0 Å². The first-order valence-corrected chi connectivity index (χ1v) is 6.17. The molecule has 17 heavy (non-hydrogen) atoms. The van der Waals surface area contributed by atoms with Crippen molar-refractivity contribution in [1.29, 1.82) is 0 Å². The quantitative estimate of drug-likeness (QED) is 0.830. The highest BCUT2D eigenvalue weighted by molar-refractivity contribution is 5.15. The smallest absolute Gasteiger partial charge is 0.213 e. The zero-order chi connectivity index (χ0) is 12.1. The lowest BCUT2D eigenvalue weighted by molar-refractivity contribution is 0.385. The van der Waals surface area contributed by atoms with E-state index in [1.54, 1.807) is 7.11 Å². The molecular formula is C13H21N3O. The maximum Gasteiger partial charge on any atom is 0.213 e. The van der Waals surface area contributed by atoms with Gasteiger partial charge >= 0.3 is 0 Å². The van der Waals surface area contributed by atoms with Crippen LogP contribution >= 0.6 is 0 Å². The van der Waals surface area contributed by atoms with Gasteiger partial charge in [0, 0.05) is 19.2 Å². The third-order valence-corrected chi connectivity index (χ3v) is 3.22. The molecule has 0 amide bonds. The maximum absolute atomic E-state index is 5.10. The number of hydrogen-bond donors (Lipinski definition) is 1. The second kappa shape index (κ2) is 5.98. The molecule has 1 aromatic heterocycles. The highest BCUT2D eigenvalue weighted by Crippen LogP contribution is 2.13. The summed E-state index contributed by atoms with van der Waals surface area (Å²) in [6.07, 6.45) is 1.30. The molecule has 1 N–H and O–H groups in total. The fraction of sp³-hybridized carbons (Fsp3) is 0.615. The van der Waals surface area contributed by atoms with Crippen LogP contribution in [0.5, 0.6) is 5.88 Å². The molecule has 1 saturated heterocycles. The van der Waals surface area contributed by atoms with E-state index >= 15 is 0 Å². The average Bonchev–Trinajstić information content (AvgIpc) is 2.75. The van der Waals surface area contributed by atoms with E-state index in [2.05, 4.69) is 22.2 Å². The highest BCUT2D eigenvalue weighted by atomic mass is 16.5. The lowest BCUT2D eigenvalue weighted by atomic mass is 10.1. The van der Waals surface area contributed by atoms with Gasteiger partial charge in [-0.25, -0.2) is 4.98 Å². The fourth-order valence-electron chi connectivity index (χ4n) is 2.27. The topological polar surface area (TPSA) is 37.4 Å². The molecule has 1 fully saturated rings. The lowest BCUT2D eigenvalue weighted by Gasteiger charge is -2.11. The van der Waals surface area contributed by atoms with E-state index in [-0.39, 0.29) is 0 Å². The molecular weight excluding hydrogens is 214 g/mol. The predicted molar refractivity (Wildman–Crippen MR) is 68.1 cm³/mol. The third kappa shape index (κ3) is 3.68. The largest absolute Gasteiger partial charge is 0.481 e. The SMILES string of the molecule is COc1cccc(CNCC2CCN(C)C2)n1. The van der Waals surface area contributed by atoms with Crippen molar-refractivity contribution < 1.29 is 4.74 Å². The van der Waals surface area contributed by atoms with E-state index in [0.29, 0.717) is 5.88 Å². The second-order valence-corrected chi connectivity index (χ2v) is 4.72. The Kier molecular flexibility index (Phi) is 4.34. The van der Waals surface area contributed by atoms with Crippen LogP contribution < -0.4 is 10.1 Å². The van der Waals surface area contributed by atoms with Crippen LogP contribution in [0.1, 0.15) is 12.1 Å².